The largest absolute Gasteiger partial charge is 0.481 e. The van der Waals surface area contributed by atoms with Gasteiger partial charge in [-0.2, -0.15) is 0 Å². The molecule has 2 rings (SSSR count). The number of carbonyl (C=O) groups is 1. The van der Waals surface area contributed by atoms with Crippen LogP contribution in [0.2, 0.25) is 0 Å². The molecule has 0 amide bonds. The Labute approximate surface area is 111 Å². The summed E-state index contributed by atoms with van der Waals surface area (Å²) in [5, 5.41) is 9.26. The number of nitrogens with zero attached hydrogens (tertiary/aromatic N) is 1. The molecule has 0 aromatic heterocycles. The summed E-state index contributed by atoms with van der Waals surface area (Å²) in [7, 11) is 2.18. The van der Waals surface area contributed by atoms with Crippen molar-refractivity contribution in [2.75, 3.05) is 7.05 Å². The van der Waals surface area contributed by atoms with Crippen molar-refractivity contribution in [3.8, 4) is 0 Å². The van der Waals surface area contributed by atoms with Gasteiger partial charge in [0.25, 0.3) is 0 Å². The summed E-state index contributed by atoms with van der Waals surface area (Å²) in [5.74, 6) is 0.0944. The molecule has 0 aromatic rings. The summed E-state index contributed by atoms with van der Waals surface area (Å²) in [6.07, 6.45) is 9.98. The molecule has 2 aliphatic carbocycles. The summed E-state index contributed by atoms with van der Waals surface area (Å²) in [6.45, 7) is 2.32. The molecular weight excluding hydrogens is 226 g/mol. The van der Waals surface area contributed by atoms with Gasteiger partial charge in [0.05, 0.1) is 6.42 Å². The predicted octanol–water partition coefficient (Wildman–Crippen LogP) is 3.28. The van der Waals surface area contributed by atoms with Gasteiger partial charge in [-0.15, -0.1) is 0 Å². The quantitative estimate of drug-likeness (QED) is 0.836. The molecule has 2 aliphatic rings. The molecule has 0 bridgehead atoms. The van der Waals surface area contributed by atoms with Crippen molar-refractivity contribution in [1.29, 1.82) is 0 Å². The first-order valence-corrected chi connectivity index (χ1v) is 7.50. The average molecular weight is 253 g/mol. The van der Waals surface area contributed by atoms with Gasteiger partial charge >= 0.3 is 5.97 Å². The Balaban J connectivity index is 2.14. The van der Waals surface area contributed by atoms with Crippen LogP contribution in [0.5, 0.6) is 0 Å². The summed E-state index contributed by atoms with van der Waals surface area (Å²) in [6, 6.07) is 0.599. The Kier molecular flexibility index (Phi) is 4.31. The van der Waals surface area contributed by atoms with Gasteiger partial charge < -0.3 is 5.11 Å². The monoisotopic (exact) mass is 253 g/mol. The molecule has 3 nitrogen and oxygen atoms in total. The number of aliphatic carboxylic acids is 1. The van der Waals surface area contributed by atoms with E-state index in [9.17, 15) is 9.90 Å². The van der Waals surface area contributed by atoms with E-state index in [1.54, 1.807) is 0 Å². The van der Waals surface area contributed by atoms with Crippen LogP contribution in [0.4, 0.5) is 0 Å². The number of rotatable bonds is 4. The Bertz CT molecular complexity index is 297. The van der Waals surface area contributed by atoms with Gasteiger partial charge in [0.2, 0.25) is 0 Å². The van der Waals surface area contributed by atoms with Crippen molar-refractivity contribution in [3.05, 3.63) is 0 Å². The van der Waals surface area contributed by atoms with E-state index in [0.29, 0.717) is 12.5 Å². The zero-order chi connectivity index (χ0) is 13.2. The first-order chi connectivity index (χ1) is 8.55. The number of hydrogen-bond acceptors (Lipinski definition) is 2. The third-order valence-electron chi connectivity index (χ3n) is 5.33. The summed E-state index contributed by atoms with van der Waals surface area (Å²) in [4.78, 5) is 13.7. The minimum Gasteiger partial charge on any atom is -0.481 e. The fourth-order valence-corrected chi connectivity index (χ4v) is 4.20. The van der Waals surface area contributed by atoms with E-state index in [4.69, 9.17) is 0 Å². The lowest BCUT2D eigenvalue weighted by Crippen LogP contribution is -2.54. The van der Waals surface area contributed by atoms with Gasteiger partial charge in [-0.1, -0.05) is 32.6 Å². The maximum absolute atomic E-state index is 11.2. The molecule has 2 saturated carbocycles. The van der Waals surface area contributed by atoms with Gasteiger partial charge in [-0.3, -0.25) is 9.69 Å². The summed E-state index contributed by atoms with van der Waals surface area (Å²) in [5.41, 5.74) is -0.0622. The highest BCUT2D eigenvalue weighted by Gasteiger charge is 2.43. The van der Waals surface area contributed by atoms with Gasteiger partial charge in [0.1, 0.15) is 0 Å². The third-order valence-corrected chi connectivity index (χ3v) is 5.33. The van der Waals surface area contributed by atoms with Crippen molar-refractivity contribution >= 4 is 5.97 Å². The average Bonchev–Trinajstić information content (AvgIpc) is 2.74. The second kappa shape index (κ2) is 5.60. The highest BCUT2D eigenvalue weighted by molar-refractivity contribution is 5.68. The third kappa shape index (κ3) is 2.71. The van der Waals surface area contributed by atoms with Gasteiger partial charge in [-0.05, 0) is 38.6 Å². The lowest BCUT2D eigenvalue weighted by Gasteiger charge is -2.48. The van der Waals surface area contributed by atoms with Crippen LogP contribution in [0.15, 0.2) is 0 Å². The standard InChI is InChI=1S/C15H27NO2/c1-12-7-6-8-13(12)16(2)15(11-14(17)18)9-4-3-5-10-15/h12-13H,3-11H2,1-2H3,(H,17,18). The molecular formula is C15H27NO2. The fourth-order valence-electron chi connectivity index (χ4n) is 4.20. The second-order valence-electron chi connectivity index (χ2n) is 6.44. The molecule has 18 heavy (non-hydrogen) atoms. The fraction of sp³-hybridized carbons (Fsp3) is 0.933. The molecule has 0 saturated heterocycles. The molecule has 2 unspecified atom stereocenters. The minimum atomic E-state index is -0.630. The van der Waals surface area contributed by atoms with E-state index in [2.05, 4.69) is 18.9 Å². The zero-order valence-electron chi connectivity index (χ0n) is 11.8. The van der Waals surface area contributed by atoms with Crippen LogP contribution in [0.3, 0.4) is 0 Å². The van der Waals surface area contributed by atoms with Gasteiger partial charge in [0.15, 0.2) is 0 Å². The van der Waals surface area contributed by atoms with Crippen LogP contribution in [0.1, 0.15) is 64.7 Å². The number of carboxylic acids is 1. The van der Waals surface area contributed by atoms with Crippen LogP contribution in [-0.2, 0) is 4.79 Å². The molecule has 2 atom stereocenters. The van der Waals surface area contributed by atoms with E-state index < -0.39 is 5.97 Å². The summed E-state index contributed by atoms with van der Waals surface area (Å²) < 4.78 is 0. The van der Waals surface area contributed by atoms with Crippen molar-refractivity contribution in [2.24, 2.45) is 5.92 Å². The van der Waals surface area contributed by atoms with Crippen LogP contribution in [0.25, 0.3) is 0 Å². The van der Waals surface area contributed by atoms with Crippen LogP contribution in [-0.4, -0.2) is 34.6 Å². The first-order valence-electron chi connectivity index (χ1n) is 7.50. The maximum Gasteiger partial charge on any atom is 0.305 e. The van der Waals surface area contributed by atoms with E-state index in [1.807, 2.05) is 0 Å². The van der Waals surface area contributed by atoms with Crippen LogP contribution >= 0.6 is 0 Å². The molecule has 0 aliphatic heterocycles. The Morgan fingerprint density at radius 2 is 1.89 bits per heavy atom. The van der Waals surface area contributed by atoms with Crippen molar-refractivity contribution in [1.82, 2.24) is 4.90 Å². The normalized spacial score (nSPS) is 31.7. The molecule has 1 N–H and O–H groups in total. The molecule has 0 radical (unpaired) electrons. The van der Waals surface area contributed by atoms with Crippen molar-refractivity contribution in [2.45, 2.75) is 76.3 Å². The Hall–Kier alpha value is -0.570. The van der Waals surface area contributed by atoms with E-state index in [-0.39, 0.29) is 5.54 Å². The van der Waals surface area contributed by atoms with Gasteiger partial charge in [-0.25, -0.2) is 0 Å². The maximum atomic E-state index is 11.2. The molecule has 0 aromatic carbocycles. The van der Waals surface area contributed by atoms with Crippen LogP contribution < -0.4 is 0 Å². The van der Waals surface area contributed by atoms with E-state index in [1.165, 1.54) is 38.5 Å². The molecule has 104 valence electrons. The van der Waals surface area contributed by atoms with Crippen LogP contribution in [0, 0.1) is 5.92 Å². The summed E-state index contributed by atoms with van der Waals surface area (Å²) >= 11 is 0. The van der Waals surface area contributed by atoms with E-state index in [0.717, 1.165) is 18.8 Å². The lowest BCUT2D eigenvalue weighted by atomic mass is 9.77. The SMILES string of the molecule is CC1CCCC1N(C)C1(CC(=O)O)CCCCC1. The highest BCUT2D eigenvalue weighted by atomic mass is 16.4. The van der Waals surface area contributed by atoms with E-state index >= 15 is 0 Å². The highest BCUT2D eigenvalue weighted by Crippen LogP contribution is 2.41. The molecule has 0 heterocycles. The van der Waals surface area contributed by atoms with Gasteiger partial charge in [0, 0.05) is 11.6 Å². The second-order valence-corrected chi connectivity index (χ2v) is 6.44. The lowest BCUT2D eigenvalue weighted by molar-refractivity contribution is -0.141. The number of hydrogen-bond donors (Lipinski definition) is 1. The molecule has 3 heteroatoms. The number of carboxylic acid groups (broad SMARTS) is 1. The molecule has 0 spiro atoms. The minimum absolute atomic E-state index is 0.0622. The smallest absolute Gasteiger partial charge is 0.305 e. The van der Waals surface area contributed by atoms with Crippen molar-refractivity contribution < 1.29 is 9.90 Å². The van der Waals surface area contributed by atoms with Crippen molar-refractivity contribution in [3.63, 3.8) is 0 Å². The Morgan fingerprint density at radius 1 is 1.22 bits per heavy atom. The zero-order valence-corrected chi connectivity index (χ0v) is 11.8. The first kappa shape index (κ1) is 13.9. The predicted molar refractivity (Wildman–Crippen MR) is 72.6 cm³/mol. The Morgan fingerprint density at radius 3 is 2.39 bits per heavy atom. The topological polar surface area (TPSA) is 40.5 Å². The molecule has 2 fully saturated rings.